The smallest absolute Gasteiger partial charge is 0.252 e. The molecule has 2 aromatic rings. The number of H-pyrrole nitrogens is 1. The lowest BCUT2D eigenvalue weighted by Gasteiger charge is -1.99. The Hall–Kier alpha value is -1.84. The number of hydrogen-bond acceptors (Lipinski definition) is 2. The molecule has 0 bridgehead atoms. The molecule has 4 nitrogen and oxygen atoms in total. The standard InChI is InChI=1S/C9H9N3O/c13-9-8(2-1-3-11-9)6-12-5-4-10-7-12/h1-5,7H,6H2,(H,11,13). The number of imidazole rings is 1. The Morgan fingerprint density at radius 3 is 3.15 bits per heavy atom. The summed E-state index contributed by atoms with van der Waals surface area (Å²) in [6.07, 6.45) is 6.83. The van der Waals surface area contributed by atoms with Gasteiger partial charge >= 0.3 is 0 Å². The van der Waals surface area contributed by atoms with E-state index < -0.39 is 0 Å². The first kappa shape index (κ1) is 7.79. The highest BCUT2D eigenvalue weighted by Gasteiger charge is 1.97. The molecule has 0 atom stereocenters. The van der Waals surface area contributed by atoms with Crippen molar-refractivity contribution in [2.24, 2.45) is 0 Å². The lowest BCUT2D eigenvalue weighted by molar-refractivity contribution is 0.786. The van der Waals surface area contributed by atoms with E-state index in [1.807, 2.05) is 16.8 Å². The molecular formula is C9H9N3O. The summed E-state index contributed by atoms with van der Waals surface area (Å²) in [7, 11) is 0. The minimum Gasteiger partial charge on any atom is -0.333 e. The SMILES string of the molecule is O=c1[nH]cccc1Cn1ccnc1. The number of aromatic amines is 1. The second kappa shape index (κ2) is 3.26. The van der Waals surface area contributed by atoms with Crippen LogP contribution in [0.3, 0.4) is 0 Å². The van der Waals surface area contributed by atoms with E-state index in [9.17, 15) is 4.79 Å². The fraction of sp³-hybridized carbons (Fsp3) is 0.111. The molecule has 13 heavy (non-hydrogen) atoms. The van der Waals surface area contributed by atoms with E-state index >= 15 is 0 Å². The molecule has 0 saturated carbocycles. The van der Waals surface area contributed by atoms with Crippen molar-refractivity contribution in [1.29, 1.82) is 0 Å². The molecular weight excluding hydrogens is 166 g/mol. The molecule has 0 amide bonds. The summed E-state index contributed by atoms with van der Waals surface area (Å²) in [6, 6.07) is 3.62. The number of nitrogens with one attached hydrogen (secondary N) is 1. The van der Waals surface area contributed by atoms with Gasteiger partial charge in [0.2, 0.25) is 0 Å². The third-order valence-electron chi connectivity index (χ3n) is 1.81. The first-order valence-corrected chi connectivity index (χ1v) is 3.98. The lowest BCUT2D eigenvalue weighted by Crippen LogP contribution is -2.13. The van der Waals surface area contributed by atoms with Crippen LogP contribution in [0.1, 0.15) is 5.56 Å². The Labute approximate surface area is 74.9 Å². The zero-order valence-electron chi connectivity index (χ0n) is 6.97. The van der Waals surface area contributed by atoms with Gasteiger partial charge in [-0.3, -0.25) is 4.79 Å². The van der Waals surface area contributed by atoms with Gasteiger partial charge in [0.05, 0.1) is 12.9 Å². The summed E-state index contributed by atoms with van der Waals surface area (Å²) in [6.45, 7) is 0.566. The maximum atomic E-state index is 11.3. The van der Waals surface area contributed by atoms with Crippen LogP contribution in [-0.4, -0.2) is 14.5 Å². The van der Waals surface area contributed by atoms with Gasteiger partial charge in [-0.25, -0.2) is 4.98 Å². The number of hydrogen-bond donors (Lipinski definition) is 1. The largest absolute Gasteiger partial charge is 0.333 e. The molecule has 0 aliphatic heterocycles. The molecule has 0 saturated heterocycles. The summed E-state index contributed by atoms with van der Waals surface area (Å²) in [4.78, 5) is 17.8. The van der Waals surface area contributed by atoms with Gasteiger partial charge in [0.1, 0.15) is 0 Å². The van der Waals surface area contributed by atoms with Gasteiger partial charge in [-0.2, -0.15) is 0 Å². The second-order valence-corrected chi connectivity index (χ2v) is 2.76. The fourth-order valence-corrected chi connectivity index (χ4v) is 1.16. The summed E-state index contributed by atoms with van der Waals surface area (Å²) in [5.41, 5.74) is 0.691. The molecule has 0 spiro atoms. The van der Waals surface area contributed by atoms with Gasteiger partial charge < -0.3 is 9.55 Å². The quantitative estimate of drug-likeness (QED) is 0.727. The van der Waals surface area contributed by atoms with Crippen molar-refractivity contribution >= 4 is 0 Å². The Morgan fingerprint density at radius 1 is 1.54 bits per heavy atom. The highest BCUT2D eigenvalue weighted by atomic mass is 16.1. The third-order valence-corrected chi connectivity index (χ3v) is 1.81. The molecule has 0 unspecified atom stereocenters. The van der Waals surface area contributed by atoms with Crippen molar-refractivity contribution in [2.75, 3.05) is 0 Å². The van der Waals surface area contributed by atoms with Gasteiger partial charge in [-0.15, -0.1) is 0 Å². The zero-order valence-corrected chi connectivity index (χ0v) is 6.97. The predicted octanol–water partition coefficient (Wildman–Crippen LogP) is 0.620. The second-order valence-electron chi connectivity index (χ2n) is 2.76. The molecule has 0 aliphatic carbocycles. The van der Waals surface area contributed by atoms with Gasteiger partial charge in [0.15, 0.2) is 0 Å². The average Bonchev–Trinajstić information content (AvgIpc) is 2.61. The van der Waals surface area contributed by atoms with E-state index in [1.54, 1.807) is 24.8 Å². The van der Waals surface area contributed by atoms with E-state index in [4.69, 9.17) is 0 Å². The van der Waals surface area contributed by atoms with Crippen LogP contribution in [0.15, 0.2) is 41.8 Å². The van der Waals surface area contributed by atoms with Crippen LogP contribution in [-0.2, 0) is 6.54 Å². The minimum absolute atomic E-state index is 0.0452. The van der Waals surface area contributed by atoms with Gasteiger partial charge in [-0.1, -0.05) is 6.07 Å². The van der Waals surface area contributed by atoms with Crippen molar-refractivity contribution in [1.82, 2.24) is 14.5 Å². The average molecular weight is 175 g/mol. The topological polar surface area (TPSA) is 50.7 Å². The number of rotatable bonds is 2. The van der Waals surface area contributed by atoms with Gasteiger partial charge in [-0.05, 0) is 6.07 Å². The van der Waals surface area contributed by atoms with Crippen molar-refractivity contribution in [3.63, 3.8) is 0 Å². The molecule has 66 valence electrons. The summed E-state index contributed by atoms with van der Waals surface area (Å²) in [5.74, 6) is 0. The molecule has 0 aliphatic rings. The van der Waals surface area contributed by atoms with Crippen LogP contribution in [0.2, 0.25) is 0 Å². The molecule has 2 rings (SSSR count). The maximum Gasteiger partial charge on any atom is 0.252 e. The van der Waals surface area contributed by atoms with E-state index in [2.05, 4.69) is 9.97 Å². The Balaban J connectivity index is 2.29. The van der Waals surface area contributed by atoms with Crippen LogP contribution < -0.4 is 5.56 Å². The molecule has 4 heteroatoms. The number of aromatic nitrogens is 3. The van der Waals surface area contributed by atoms with E-state index in [0.717, 1.165) is 5.56 Å². The summed E-state index contributed by atoms with van der Waals surface area (Å²) < 4.78 is 1.85. The van der Waals surface area contributed by atoms with Crippen LogP contribution in [0.25, 0.3) is 0 Å². The number of pyridine rings is 1. The highest BCUT2D eigenvalue weighted by molar-refractivity contribution is 5.09. The lowest BCUT2D eigenvalue weighted by atomic mass is 10.3. The van der Waals surface area contributed by atoms with Crippen LogP contribution >= 0.6 is 0 Å². The fourth-order valence-electron chi connectivity index (χ4n) is 1.16. The van der Waals surface area contributed by atoms with Gasteiger partial charge in [0.25, 0.3) is 5.56 Å². The summed E-state index contributed by atoms with van der Waals surface area (Å²) in [5, 5.41) is 0. The molecule has 0 radical (unpaired) electrons. The third kappa shape index (κ3) is 1.66. The first-order chi connectivity index (χ1) is 6.36. The Bertz CT molecular complexity index is 430. The van der Waals surface area contributed by atoms with E-state index in [1.165, 1.54) is 0 Å². The summed E-state index contributed by atoms with van der Waals surface area (Å²) >= 11 is 0. The van der Waals surface area contributed by atoms with Crippen LogP contribution in [0.4, 0.5) is 0 Å². The van der Waals surface area contributed by atoms with E-state index in [0.29, 0.717) is 6.54 Å². The van der Waals surface area contributed by atoms with Crippen molar-refractivity contribution < 1.29 is 0 Å². The van der Waals surface area contributed by atoms with Crippen molar-refractivity contribution in [3.8, 4) is 0 Å². The Morgan fingerprint density at radius 2 is 2.46 bits per heavy atom. The van der Waals surface area contributed by atoms with Crippen LogP contribution in [0.5, 0.6) is 0 Å². The molecule has 2 aromatic heterocycles. The monoisotopic (exact) mass is 175 g/mol. The van der Waals surface area contributed by atoms with Gasteiger partial charge in [0, 0.05) is 24.2 Å². The van der Waals surface area contributed by atoms with Crippen molar-refractivity contribution in [2.45, 2.75) is 6.54 Å². The molecule has 0 fully saturated rings. The maximum absolute atomic E-state index is 11.3. The normalized spacial score (nSPS) is 10.2. The van der Waals surface area contributed by atoms with Crippen LogP contribution in [0, 0.1) is 0 Å². The minimum atomic E-state index is -0.0452. The molecule has 1 N–H and O–H groups in total. The first-order valence-electron chi connectivity index (χ1n) is 3.98. The highest BCUT2D eigenvalue weighted by Crippen LogP contribution is 1.94. The van der Waals surface area contributed by atoms with E-state index in [-0.39, 0.29) is 5.56 Å². The Kier molecular flexibility index (Phi) is 1.96. The predicted molar refractivity (Wildman–Crippen MR) is 48.4 cm³/mol. The zero-order chi connectivity index (χ0) is 9.10. The van der Waals surface area contributed by atoms with Crippen molar-refractivity contribution in [3.05, 3.63) is 53.0 Å². The molecule has 0 aromatic carbocycles. The molecule has 2 heterocycles. The number of nitrogens with zero attached hydrogens (tertiary/aromatic N) is 2.